The molecule has 0 aromatic heterocycles. The number of aliphatic hydroxyl groups is 3. The fourth-order valence-electron chi connectivity index (χ4n) is 4.53. The number of carbonyl (C=O) groups excluding carboxylic acids is 1. The molecule has 0 spiro atoms. The zero-order chi connectivity index (χ0) is 21.8. The zero-order valence-electron chi connectivity index (χ0n) is 18.7. The van der Waals surface area contributed by atoms with Crippen LogP contribution in [0.5, 0.6) is 0 Å². The summed E-state index contributed by atoms with van der Waals surface area (Å²) < 4.78 is 0. The van der Waals surface area contributed by atoms with E-state index in [2.05, 4.69) is 26.0 Å². The van der Waals surface area contributed by atoms with E-state index in [1.54, 1.807) is 0 Å². The molecular weight excluding hydrogens is 364 g/mol. The van der Waals surface area contributed by atoms with Crippen molar-refractivity contribution in [3.8, 4) is 0 Å². The molecule has 4 nitrogen and oxygen atoms in total. The lowest BCUT2D eigenvalue weighted by molar-refractivity contribution is -0.126. The van der Waals surface area contributed by atoms with Gasteiger partial charge >= 0.3 is 0 Å². The first kappa shape index (κ1) is 23.6. The van der Waals surface area contributed by atoms with Crippen LogP contribution in [0.1, 0.15) is 73.1 Å². The largest absolute Gasteiger partial charge is 0.504 e. The van der Waals surface area contributed by atoms with E-state index in [0.717, 1.165) is 24.8 Å². The van der Waals surface area contributed by atoms with E-state index in [4.69, 9.17) is 0 Å². The van der Waals surface area contributed by atoms with Crippen molar-refractivity contribution in [1.29, 1.82) is 0 Å². The van der Waals surface area contributed by atoms with Crippen LogP contribution in [0, 0.1) is 17.3 Å². The van der Waals surface area contributed by atoms with E-state index in [9.17, 15) is 20.1 Å². The molecule has 0 saturated heterocycles. The van der Waals surface area contributed by atoms with Gasteiger partial charge in [-0.25, -0.2) is 0 Å². The van der Waals surface area contributed by atoms with Gasteiger partial charge in [0, 0.05) is 23.9 Å². The molecule has 0 aliphatic heterocycles. The molecule has 2 aliphatic carbocycles. The molecule has 0 fully saturated rings. The fraction of sp³-hybridized carbons (Fsp3) is 0.640. The smallest absolute Gasteiger partial charge is 0.203 e. The summed E-state index contributed by atoms with van der Waals surface area (Å²) in [5, 5.41) is 30.9. The van der Waals surface area contributed by atoms with E-state index in [1.807, 2.05) is 26.8 Å². The van der Waals surface area contributed by atoms with Crippen molar-refractivity contribution in [1.82, 2.24) is 0 Å². The van der Waals surface area contributed by atoms with Crippen molar-refractivity contribution >= 4 is 5.78 Å². The van der Waals surface area contributed by atoms with Crippen molar-refractivity contribution in [3.05, 3.63) is 46.3 Å². The molecule has 0 amide bonds. The van der Waals surface area contributed by atoms with Gasteiger partial charge in [0.2, 0.25) is 5.78 Å². The van der Waals surface area contributed by atoms with Crippen molar-refractivity contribution in [2.75, 3.05) is 6.61 Å². The number of allylic oxidation sites excluding steroid dienone is 6. The summed E-state index contributed by atoms with van der Waals surface area (Å²) in [5.41, 5.74) is 3.36. The molecule has 4 heteroatoms. The van der Waals surface area contributed by atoms with E-state index in [-0.39, 0.29) is 30.0 Å². The maximum Gasteiger partial charge on any atom is 0.203 e. The number of hydrogen-bond donors (Lipinski definition) is 3. The van der Waals surface area contributed by atoms with Crippen molar-refractivity contribution < 1.29 is 20.1 Å². The first-order chi connectivity index (χ1) is 13.6. The van der Waals surface area contributed by atoms with Crippen LogP contribution in [0.4, 0.5) is 0 Å². The van der Waals surface area contributed by atoms with Gasteiger partial charge in [-0.15, -0.1) is 0 Å². The highest BCUT2D eigenvalue weighted by Gasteiger charge is 2.51. The van der Waals surface area contributed by atoms with Gasteiger partial charge in [0.15, 0.2) is 5.76 Å². The van der Waals surface area contributed by atoms with Crippen LogP contribution in [0.3, 0.4) is 0 Å². The number of ketones is 1. The summed E-state index contributed by atoms with van der Waals surface area (Å²) in [5.74, 6) is -0.860. The highest BCUT2D eigenvalue weighted by Crippen LogP contribution is 2.50. The minimum Gasteiger partial charge on any atom is -0.504 e. The molecule has 29 heavy (non-hydrogen) atoms. The third-order valence-electron chi connectivity index (χ3n) is 6.88. The van der Waals surface area contributed by atoms with E-state index >= 15 is 0 Å². The Labute approximate surface area is 175 Å². The van der Waals surface area contributed by atoms with Crippen LogP contribution in [-0.4, -0.2) is 33.8 Å². The SMILES string of the molecule is C/C1=C/CC2(C)C(=O)C(O)=C(C(C)CO)C2C/C=C(/C)C(O)CC/C(C)=C\CC1. The van der Waals surface area contributed by atoms with E-state index in [0.29, 0.717) is 24.8 Å². The second kappa shape index (κ2) is 9.90. The molecule has 4 unspecified atom stereocenters. The second-order valence-electron chi connectivity index (χ2n) is 9.27. The fourth-order valence-corrected chi connectivity index (χ4v) is 4.53. The Balaban J connectivity index is 2.46. The van der Waals surface area contributed by atoms with Gasteiger partial charge in [-0.05, 0) is 70.4 Å². The van der Waals surface area contributed by atoms with Crippen molar-refractivity contribution in [2.45, 2.75) is 79.2 Å². The van der Waals surface area contributed by atoms with Crippen molar-refractivity contribution in [3.63, 3.8) is 0 Å². The quantitative estimate of drug-likeness (QED) is 0.556. The summed E-state index contributed by atoms with van der Waals surface area (Å²) in [6.45, 7) is 9.81. The lowest BCUT2D eigenvalue weighted by Gasteiger charge is -2.32. The monoisotopic (exact) mass is 402 g/mol. The van der Waals surface area contributed by atoms with Crippen LogP contribution < -0.4 is 0 Å². The lowest BCUT2D eigenvalue weighted by Crippen LogP contribution is -2.32. The molecule has 2 rings (SSSR count). The van der Waals surface area contributed by atoms with E-state index in [1.165, 1.54) is 11.1 Å². The maximum atomic E-state index is 13.1. The average Bonchev–Trinajstić information content (AvgIpc) is 2.88. The van der Waals surface area contributed by atoms with Gasteiger partial charge in [-0.1, -0.05) is 43.2 Å². The third-order valence-corrected chi connectivity index (χ3v) is 6.88. The summed E-state index contributed by atoms with van der Waals surface area (Å²) in [4.78, 5) is 13.1. The minimum absolute atomic E-state index is 0.107. The predicted octanol–water partition coefficient (Wildman–Crippen LogP) is 5.19. The Morgan fingerprint density at radius 1 is 1.14 bits per heavy atom. The van der Waals surface area contributed by atoms with Crippen LogP contribution in [-0.2, 0) is 4.79 Å². The van der Waals surface area contributed by atoms with Gasteiger partial charge in [-0.2, -0.15) is 0 Å². The van der Waals surface area contributed by atoms with Crippen LogP contribution in [0.2, 0.25) is 0 Å². The van der Waals surface area contributed by atoms with Gasteiger partial charge in [0.25, 0.3) is 0 Å². The lowest BCUT2D eigenvalue weighted by atomic mass is 9.70. The molecule has 0 aromatic carbocycles. The van der Waals surface area contributed by atoms with Gasteiger partial charge in [0.05, 0.1) is 6.10 Å². The number of hydrogen-bond acceptors (Lipinski definition) is 4. The van der Waals surface area contributed by atoms with Gasteiger partial charge < -0.3 is 15.3 Å². The number of rotatable bonds is 2. The molecular formula is C25H38O4. The number of fused-ring (bicyclic) bond motifs is 1. The Hall–Kier alpha value is -1.65. The summed E-state index contributed by atoms with van der Waals surface area (Å²) >= 11 is 0. The summed E-state index contributed by atoms with van der Waals surface area (Å²) in [7, 11) is 0. The second-order valence-corrected chi connectivity index (χ2v) is 9.27. The van der Waals surface area contributed by atoms with E-state index < -0.39 is 11.5 Å². The molecule has 162 valence electrons. The Morgan fingerprint density at radius 3 is 2.45 bits per heavy atom. The average molecular weight is 403 g/mol. The molecule has 2 aliphatic rings. The standard InChI is InChI=1S/C25H38O4/c1-16-7-6-8-17(2)13-14-25(5)20(11-10-18(3)21(27)12-9-16)22(19(4)15-26)23(28)24(25)29/h7,10,13,19-21,26-28H,6,8-9,11-12,14-15H2,1-5H3/b16-7-,17-13-,18-10-. The first-order valence-electron chi connectivity index (χ1n) is 10.9. The minimum atomic E-state index is -0.738. The Kier molecular flexibility index (Phi) is 8.07. The van der Waals surface area contributed by atoms with Gasteiger partial charge in [0.1, 0.15) is 0 Å². The Bertz CT molecular complexity index is 740. The maximum absolute atomic E-state index is 13.1. The molecule has 0 saturated carbocycles. The van der Waals surface area contributed by atoms with Crippen LogP contribution in [0.25, 0.3) is 0 Å². The third kappa shape index (κ3) is 5.29. The van der Waals surface area contributed by atoms with Gasteiger partial charge in [-0.3, -0.25) is 4.79 Å². The van der Waals surface area contributed by atoms with Crippen molar-refractivity contribution in [2.24, 2.45) is 17.3 Å². The summed E-state index contributed by atoms with van der Waals surface area (Å²) in [6, 6.07) is 0. The zero-order valence-corrected chi connectivity index (χ0v) is 18.7. The molecule has 3 N–H and O–H groups in total. The summed E-state index contributed by atoms with van der Waals surface area (Å²) in [6.07, 6.45) is 10.4. The molecule has 0 bridgehead atoms. The molecule has 0 heterocycles. The topological polar surface area (TPSA) is 77.8 Å². The number of carbonyl (C=O) groups is 1. The molecule has 0 aromatic rings. The number of Topliss-reactive ketones (excluding diaryl/α,β-unsaturated/α-hetero) is 1. The van der Waals surface area contributed by atoms with Crippen LogP contribution in [0.15, 0.2) is 46.3 Å². The Morgan fingerprint density at radius 2 is 1.79 bits per heavy atom. The van der Waals surface area contributed by atoms with Crippen LogP contribution >= 0.6 is 0 Å². The number of aliphatic hydroxyl groups excluding tert-OH is 3. The first-order valence-corrected chi connectivity index (χ1v) is 10.9. The molecule has 0 radical (unpaired) electrons. The highest BCUT2D eigenvalue weighted by atomic mass is 16.3. The normalized spacial score (nSPS) is 36.7. The highest BCUT2D eigenvalue weighted by molar-refractivity contribution is 6.02. The molecule has 4 atom stereocenters. The predicted molar refractivity (Wildman–Crippen MR) is 117 cm³/mol.